The number of rotatable bonds is 10. The molecule has 0 rings (SSSR count). The molecule has 0 aromatic rings. The van der Waals surface area contributed by atoms with Crippen LogP contribution >= 0.6 is 0 Å². The maximum absolute atomic E-state index is 10.3. The van der Waals surface area contributed by atoms with Crippen LogP contribution in [0.25, 0.3) is 0 Å². The summed E-state index contributed by atoms with van der Waals surface area (Å²) < 4.78 is 20.8. The second-order valence-corrected chi connectivity index (χ2v) is 8.08. The molecule has 0 fully saturated rings. The number of carbonyl (C=O) groups is 5. The van der Waals surface area contributed by atoms with Crippen LogP contribution in [0.15, 0.2) is 0 Å². The molecule has 0 spiro atoms. The molecule has 20 nitrogen and oxygen atoms in total. The van der Waals surface area contributed by atoms with E-state index in [1.54, 1.807) is 20.8 Å². The Morgan fingerprint density at radius 3 is 0.796 bits per heavy atom. The lowest BCUT2D eigenvalue weighted by atomic mass is 10.2. The Labute approximate surface area is 286 Å². The van der Waals surface area contributed by atoms with E-state index in [1.165, 1.54) is 42.5 Å². The smallest absolute Gasteiger partial charge is 0.373 e. The van der Waals surface area contributed by atoms with Gasteiger partial charge in [0.25, 0.3) is 0 Å². The number of hydrogen-bond donors (Lipinski definition) is 6. The van der Waals surface area contributed by atoms with Crippen LogP contribution in [0.1, 0.15) is 73.6 Å². The van der Waals surface area contributed by atoms with Gasteiger partial charge < -0.3 is 54.3 Å². The number of ether oxygens (including phenoxy) is 5. The van der Waals surface area contributed by atoms with Crippen LogP contribution in [0.2, 0.25) is 0 Å². The minimum atomic E-state index is -0.995. The van der Waals surface area contributed by atoms with Crippen molar-refractivity contribution in [3.05, 3.63) is 0 Å². The van der Waals surface area contributed by atoms with Gasteiger partial charge in [0.1, 0.15) is 12.7 Å². The molecular weight excluding hydrogens is 668 g/mol. The highest BCUT2D eigenvalue weighted by Crippen LogP contribution is 1.92. The molecule has 292 valence electrons. The summed E-state index contributed by atoms with van der Waals surface area (Å²) in [5, 5.41) is 50.7. The topological polar surface area (TPSA) is 321 Å². The van der Waals surface area contributed by atoms with Gasteiger partial charge in [0.15, 0.2) is 18.3 Å². The van der Waals surface area contributed by atoms with E-state index in [0.29, 0.717) is 19.3 Å². The molecule has 0 heterocycles. The molecule has 0 aliphatic carbocycles. The Morgan fingerprint density at radius 2 is 0.776 bits per heavy atom. The SMILES string of the molecule is CCCC(C)O.CC[C@@H](O)C(=O)OC.CC[C@H](O)C(=O)OC.CC[C@H](O)C(=O)OC.COC(=O)CO.COC(=O)[C@H](C)O.O=C=O.O=C=O. The molecule has 0 aliphatic rings. The van der Waals surface area contributed by atoms with Gasteiger partial charge in [-0.1, -0.05) is 34.1 Å². The molecule has 0 amide bonds. The van der Waals surface area contributed by atoms with Gasteiger partial charge in [0.05, 0.1) is 41.7 Å². The zero-order valence-electron chi connectivity index (χ0n) is 30.0. The van der Waals surface area contributed by atoms with Crippen LogP contribution in [0.5, 0.6) is 0 Å². The minimum Gasteiger partial charge on any atom is -0.467 e. The van der Waals surface area contributed by atoms with Crippen molar-refractivity contribution < 1.29 is 97.5 Å². The van der Waals surface area contributed by atoms with Gasteiger partial charge in [-0.25, -0.2) is 24.0 Å². The van der Waals surface area contributed by atoms with Crippen molar-refractivity contribution in [2.75, 3.05) is 42.2 Å². The first-order valence-electron chi connectivity index (χ1n) is 14.1. The van der Waals surface area contributed by atoms with E-state index in [9.17, 15) is 24.0 Å². The first-order valence-corrected chi connectivity index (χ1v) is 14.1. The van der Waals surface area contributed by atoms with Crippen molar-refractivity contribution in [1.82, 2.24) is 0 Å². The van der Waals surface area contributed by atoms with Gasteiger partial charge in [-0.05, 0) is 39.5 Å². The molecule has 0 aliphatic heterocycles. The number of methoxy groups -OCH3 is 5. The molecule has 5 atom stereocenters. The summed E-state index contributed by atoms with van der Waals surface area (Å²) in [5.74, 6) is -2.89. The minimum absolute atomic E-state index is 0.102. The molecule has 0 aromatic carbocycles. The third kappa shape index (κ3) is 71.2. The van der Waals surface area contributed by atoms with Crippen molar-refractivity contribution in [2.45, 2.75) is 104 Å². The normalized spacial score (nSPS) is 11.2. The molecule has 49 heavy (non-hydrogen) atoms. The predicted octanol–water partition coefficient (Wildman–Crippen LogP) is -1.52. The van der Waals surface area contributed by atoms with E-state index in [1.807, 2.05) is 6.92 Å². The zero-order valence-corrected chi connectivity index (χ0v) is 30.0. The van der Waals surface area contributed by atoms with E-state index in [-0.39, 0.29) is 18.4 Å². The standard InChI is InChI=1S/3C5H10O3.C5H12O.C4H8O3.C3H6O3.2CO2/c3*1-3-4(6)5(7)8-2;1-3-4-5(2)6;1-3(5)4(6)7-2;1-6-3(5)2-4;2*2-1-3/h3*4,6H,3H2,1-2H3;5-6H,3-4H2,1-2H3;3,5H,1-2H3;4H,2H2,1H3;;/t3*4-;;3-;;;/m100.0.../s1. The van der Waals surface area contributed by atoms with Crippen molar-refractivity contribution in [2.24, 2.45) is 0 Å². The predicted molar refractivity (Wildman–Crippen MR) is 164 cm³/mol. The van der Waals surface area contributed by atoms with E-state index in [2.05, 4.69) is 30.6 Å². The monoisotopic (exact) mass is 724 g/mol. The van der Waals surface area contributed by atoms with Crippen LogP contribution in [-0.2, 0) is 66.8 Å². The molecule has 20 heteroatoms. The number of carbonyl (C=O) groups excluding carboxylic acids is 9. The van der Waals surface area contributed by atoms with Crippen molar-refractivity contribution in [1.29, 1.82) is 0 Å². The number of aliphatic hydroxyl groups excluding tert-OH is 6. The van der Waals surface area contributed by atoms with Crippen LogP contribution in [0, 0.1) is 0 Å². The number of esters is 5. The molecule has 0 aromatic heterocycles. The Balaban J connectivity index is -0.0000000666. The summed E-state index contributed by atoms with van der Waals surface area (Å²) in [5.41, 5.74) is 0. The lowest BCUT2D eigenvalue weighted by Crippen LogP contribution is -2.20. The van der Waals surface area contributed by atoms with Crippen LogP contribution in [0.3, 0.4) is 0 Å². The maximum Gasteiger partial charge on any atom is 0.373 e. The summed E-state index contributed by atoms with van der Waals surface area (Å²) in [7, 11) is 6.21. The third-order valence-electron chi connectivity index (χ3n) is 4.19. The Kier molecular flexibility index (Phi) is 69.2. The van der Waals surface area contributed by atoms with Gasteiger partial charge in [-0.3, -0.25) is 0 Å². The van der Waals surface area contributed by atoms with E-state index in [0.717, 1.165) is 12.8 Å². The zero-order chi connectivity index (χ0) is 41.0. The highest BCUT2D eigenvalue weighted by Gasteiger charge is 2.12. The van der Waals surface area contributed by atoms with Gasteiger partial charge in [-0.15, -0.1) is 0 Å². The molecule has 0 saturated carbocycles. The lowest BCUT2D eigenvalue weighted by Gasteiger charge is -2.01. The second kappa shape index (κ2) is 53.4. The molecule has 0 saturated heterocycles. The fourth-order valence-electron chi connectivity index (χ4n) is 1.56. The molecule has 0 bridgehead atoms. The quantitative estimate of drug-likeness (QED) is 0.110. The van der Waals surface area contributed by atoms with Crippen LogP contribution in [0.4, 0.5) is 0 Å². The average molecular weight is 725 g/mol. The maximum atomic E-state index is 10.3. The first-order chi connectivity index (χ1) is 22.7. The van der Waals surface area contributed by atoms with Crippen LogP contribution < -0.4 is 0 Å². The molecular formula is C29H56O20. The number of aliphatic hydroxyl groups is 6. The van der Waals surface area contributed by atoms with E-state index < -0.39 is 60.9 Å². The second-order valence-electron chi connectivity index (χ2n) is 8.08. The third-order valence-corrected chi connectivity index (χ3v) is 4.19. The average Bonchev–Trinajstić information content (AvgIpc) is 3.10. The van der Waals surface area contributed by atoms with Gasteiger partial charge in [0.2, 0.25) is 0 Å². The molecule has 6 N–H and O–H groups in total. The summed E-state index contributed by atoms with van der Waals surface area (Å²) in [6.07, 6.45) is -0.191. The van der Waals surface area contributed by atoms with Gasteiger partial charge >= 0.3 is 42.1 Å². The summed E-state index contributed by atoms with van der Waals surface area (Å²) in [6.45, 7) is 9.82. The highest BCUT2D eigenvalue weighted by atomic mass is 16.6. The van der Waals surface area contributed by atoms with Gasteiger partial charge in [0, 0.05) is 0 Å². The van der Waals surface area contributed by atoms with E-state index in [4.69, 9.17) is 49.8 Å². The van der Waals surface area contributed by atoms with Crippen molar-refractivity contribution >= 4 is 42.1 Å². The summed E-state index contributed by atoms with van der Waals surface area (Å²) in [6, 6.07) is 0. The van der Waals surface area contributed by atoms with Crippen LogP contribution in [-0.4, -0.2) is 145 Å². The Bertz CT molecular complexity index is 761. The largest absolute Gasteiger partial charge is 0.467 e. The van der Waals surface area contributed by atoms with E-state index >= 15 is 0 Å². The fraction of sp³-hybridized carbons (Fsp3) is 0.759. The Morgan fingerprint density at radius 1 is 0.531 bits per heavy atom. The van der Waals surface area contributed by atoms with Gasteiger partial charge in [-0.2, -0.15) is 19.2 Å². The summed E-state index contributed by atoms with van der Waals surface area (Å²) in [4.78, 5) is 83.1. The van der Waals surface area contributed by atoms with Crippen molar-refractivity contribution in [3.63, 3.8) is 0 Å². The first kappa shape index (κ1) is 63.5. The lowest BCUT2D eigenvalue weighted by molar-refractivity contribution is -0.193. The van der Waals surface area contributed by atoms with Crippen molar-refractivity contribution in [3.8, 4) is 0 Å². The molecule has 1 unspecified atom stereocenters. The molecule has 0 radical (unpaired) electrons. The Hall–Kier alpha value is -4.13. The fourth-order valence-corrected chi connectivity index (χ4v) is 1.56. The highest BCUT2D eigenvalue weighted by molar-refractivity contribution is 5.74. The summed E-state index contributed by atoms with van der Waals surface area (Å²) >= 11 is 0. The number of hydrogen-bond acceptors (Lipinski definition) is 20.